The standard InChI is InChI=1S/C14H19Br2NO/c1-5-18-14-12(15)7-11(8-13(14)16)6-9(2)10(3)17-4/h6-8,10,17H,5H2,1-4H3/b9-6-. The molecule has 0 aromatic heterocycles. The minimum absolute atomic E-state index is 0.370. The van der Waals surface area contributed by atoms with Gasteiger partial charge < -0.3 is 10.1 Å². The van der Waals surface area contributed by atoms with Crippen LogP contribution in [0.1, 0.15) is 26.3 Å². The molecule has 0 aliphatic heterocycles. The monoisotopic (exact) mass is 375 g/mol. The molecule has 4 heteroatoms. The highest BCUT2D eigenvalue weighted by Crippen LogP contribution is 2.35. The largest absolute Gasteiger partial charge is 0.492 e. The normalized spacial score (nSPS) is 13.6. The van der Waals surface area contributed by atoms with Gasteiger partial charge in [-0.25, -0.2) is 0 Å². The molecule has 0 heterocycles. The first kappa shape index (κ1) is 15.7. The van der Waals surface area contributed by atoms with Crippen molar-refractivity contribution >= 4 is 37.9 Å². The van der Waals surface area contributed by atoms with Crippen molar-refractivity contribution in [3.05, 3.63) is 32.2 Å². The van der Waals surface area contributed by atoms with Gasteiger partial charge in [-0.1, -0.05) is 11.6 Å². The molecule has 0 saturated heterocycles. The van der Waals surface area contributed by atoms with Crippen molar-refractivity contribution < 1.29 is 4.74 Å². The quantitative estimate of drug-likeness (QED) is 0.809. The Kier molecular flexibility index (Phi) is 6.39. The Labute approximate surface area is 126 Å². The molecule has 0 spiro atoms. The summed E-state index contributed by atoms with van der Waals surface area (Å²) >= 11 is 7.09. The highest BCUT2D eigenvalue weighted by atomic mass is 79.9. The first-order valence-electron chi connectivity index (χ1n) is 5.96. The predicted octanol–water partition coefficient (Wildman–Crippen LogP) is 4.62. The minimum Gasteiger partial charge on any atom is -0.492 e. The number of hydrogen-bond donors (Lipinski definition) is 1. The van der Waals surface area contributed by atoms with Gasteiger partial charge in [-0.3, -0.25) is 0 Å². The van der Waals surface area contributed by atoms with E-state index in [1.165, 1.54) is 5.57 Å². The van der Waals surface area contributed by atoms with Gasteiger partial charge in [0.1, 0.15) is 5.75 Å². The maximum atomic E-state index is 5.57. The second kappa shape index (κ2) is 7.31. The van der Waals surface area contributed by atoms with Crippen LogP contribution in [0.25, 0.3) is 6.08 Å². The average Bonchev–Trinajstić information content (AvgIpc) is 2.32. The summed E-state index contributed by atoms with van der Waals surface area (Å²) in [5, 5.41) is 3.23. The van der Waals surface area contributed by atoms with Crippen LogP contribution in [0.5, 0.6) is 5.75 Å². The van der Waals surface area contributed by atoms with Gasteiger partial charge >= 0.3 is 0 Å². The lowest BCUT2D eigenvalue weighted by Gasteiger charge is -2.12. The molecular formula is C14H19Br2NO. The lowest BCUT2D eigenvalue weighted by atomic mass is 10.1. The molecule has 0 aliphatic carbocycles. The molecule has 0 bridgehead atoms. The highest BCUT2D eigenvalue weighted by molar-refractivity contribution is 9.11. The summed E-state index contributed by atoms with van der Waals surface area (Å²) in [4.78, 5) is 0. The van der Waals surface area contributed by atoms with Crippen molar-refractivity contribution in [1.29, 1.82) is 0 Å². The van der Waals surface area contributed by atoms with E-state index in [0.29, 0.717) is 12.6 Å². The number of likely N-dealkylation sites (N-methyl/N-ethyl adjacent to an activating group) is 1. The van der Waals surface area contributed by atoms with Crippen LogP contribution in [-0.4, -0.2) is 19.7 Å². The van der Waals surface area contributed by atoms with Crippen molar-refractivity contribution in [2.75, 3.05) is 13.7 Å². The third-order valence-electron chi connectivity index (χ3n) is 2.82. The fraction of sp³-hybridized carbons (Fsp3) is 0.429. The number of hydrogen-bond acceptors (Lipinski definition) is 2. The van der Waals surface area contributed by atoms with Gasteiger partial charge in [0, 0.05) is 6.04 Å². The maximum absolute atomic E-state index is 5.57. The van der Waals surface area contributed by atoms with E-state index in [1.807, 2.05) is 14.0 Å². The molecular weight excluding hydrogens is 358 g/mol. The summed E-state index contributed by atoms with van der Waals surface area (Å²) in [5.74, 6) is 0.856. The van der Waals surface area contributed by atoms with E-state index in [4.69, 9.17) is 4.74 Å². The summed E-state index contributed by atoms with van der Waals surface area (Å²) in [6, 6.07) is 4.51. The molecule has 0 radical (unpaired) electrons. The third-order valence-corrected chi connectivity index (χ3v) is 4.00. The average molecular weight is 377 g/mol. The molecule has 100 valence electrons. The van der Waals surface area contributed by atoms with Crippen molar-refractivity contribution in [3.63, 3.8) is 0 Å². The number of halogens is 2. The number of benzene rings is 1. The molecule has 18 heavy (non-hydrogen) atoms. The first-order valence-corrected chi connectivity index (χ1v) is 7.55. The van der Waals surface area contributed by atoms with E-state index in [9.17, 15) is 0 Å². The topological polar surface area (TPSA) is 21.3 Å². The molecule has 0 aliphatic rings. The smallest absolute Gasteiger partial charge is 0.147 e. The van der Waals surface area contributed by atoms with Crippen LogP contribution < -0.4 is 10.1 Å². The Morgan fingerprint density at radius 3 is 2.39 bits per heavy atom. The lowest BCUT2D eigenvalue weighted by Crippen LogP contribution is -2.21. The van der Waals surface area contributed by atoms with Gasteiger partial charge in [0.25, 0.3) is 0 Å². The van der Waals surface area contributed by atoms with Crippen LogP contribution in [0.15, 0.2) is 26.7 Å². The Morgan fingerprint density at radius 2 is 1.94 bits per heavy atom. The van der Waals surface area contributed by atoms with Crippen LogP contribution in [0.4, 0.5) is 0 Å². The Morgan fingerprint density at radius 1 is 1.39 bits per heavy atom. The lowest BCUT2D eigenvalue weighted by molar-refractivity contribution is 0.336. The summed E-state index contributed by atoms with van der Waals surface area (Å²) in [5.41, 5.74) is 2.44. The second-order valence-corrected chi connectivity index (χ2v) is 5.85. The zero-order chi connectivity index (χ0) is 13.7. The zero-order valence-electron chi connectivity index (χ0n) is 11.2. The molecule has 1 unspecified atom stereocenters. The van der Waals surface area contributed by atoms with Gasteiger partial charge in [0.05, 0.1) is 15.6 Å². The highest BCUT2D eigenvalue weighted by Gasteiger charge is 2.08. The molecule has 1 aromatic rings. The van der Waals surface area contributed by atoms with Gasteiger partial charge in [0.2, 0.25) is 0 Å². The number of ether oxygens (including phenoxy) is 1. The SMILES string of the molecule is CCOc1c(Br)cc(/C=C(/C)C(C)NC)cc1Br. The number of rotatable bonds is 5. The number of nitrogens with one attached hydrogen (secondary N) is 1. The summed E-state index contributed by atoms with van der Waals surface area (Å²) < 4.78 is 7.50. The van der Waals surface area contributed by atoms with E-state index in [-0.39, 0.29) is 0 Å². The maximum Gasteiger partial charge on any atom is 0.147 e. The predicted molar refractivity (Wildman–Crippen MR) is 85.2 cm³/mol. The zero-order valence-corrected chi connectivity index (χ0v) is 14.4. The first-order chi connectivity index (χ1) is 8.49. The molecule has 0 saturated carbocycles. The molecule has 1 atom stereocenters. The minimum atomic E-state index is 0.370. The fourth-order valence-corrected chi connectivity index (χ4v) is 3.01. The van der Waals surface area contributed by atoms with Gasteiger partial charge in [0.15, 0.2) is 0 Å². The van der Waals surface area contributed by atoms with E-state index < -0.39 is 0 Å². The van der Waals surface area contributed by atoms with E-state index in [1.54, 1.807) is 0 Å². The van der Waals surface area contributed by atoms with Gasteiger partial charge in [-0.05, 0) is 77.4 Å². The van der Waals surface area contributed by atoms with Crippen LogP contribution in [0.3, 0.4) is 0 Å². The summed E-state index contributed by atoms with van der Waals surface area (Å²) in [7, 11) is 1.96. The molecule has 1 N–H and O–H groups in total. The van der Waals surface area contributed by atoms with E-state index in [2.05, 4.69) is 69.2 Å². The molecule has 1 aromatic carbocycles. The second-order valence-electron chi connectivity index (χ2n) is 4.15. The van der Waals surface area contributed by atoms with Gasteiger partial charge in [-0.15, -0.1) is 0 Å². The van der Waals surface area contributed by atoms with Gasteiger partial charge in [-0.2, -0.15) is 0 Å². The fourth-order valence-electron chi connectivity index (χ4n) is 1.56. The molecule has 0 fully saturated rings. The van der Waals surface area contributed by atoms with Crippen LogP contribution >= 0.6 is 31.9 Å². The Balaban J connectivity index is 3.06. The van der Waals surface area contributed by atoms with Crippen LogP contribution in [-0.2, 0) is 0 Å². The van der Waals surface area contributed by atoms with Crippen LogP contribution in [0.2, 0.25) is 0 Å². The Hall–Kier alpha value is -0.320. The van der Waals surface area contributed by atoms with Crippen molar-refractivity contribution in [1.82, 2.24) is 5.32 Å². The van der Waals surface area contributed by atoms with Crippen molar-refractivity contribution in [2.45, 2.75) is 26.8 Å². The molecule has 0 amide bonds. The summed E-state index contributed by atoms with van der Waals surface area (Å²) in [6.45, 7) is 6.90. The van der Waals surface area contributed by atoms with Crippen LogP contribution in [0, 0.1) is 0 Å². The summed E-state index contributed by atoms with van der Waals surface area (Å²) in [6.07, 6.45) is 2.17. The van der Waals surface area contributed by atoms with E-state index in [0.717, 1.165) is 20.3 Å². The van der Waals surface area contributed by atoms with Crippen molar-refractivity contribution in [2.24, 2.45) is 0 Å². The van der Waals surface area contributed by atoms with E-state index >= 15 is 0 Å². The molecule has 1 rings (SSSR count). The third kappa shape index (κ3) is 4.11. The van der Waals surface area contributed by atoms with Crippen molar-refractivity contribution in [3.8, 4) is 5.75 Å². The molecule has 2 nitrogen and oxygen atoms in total. The Bertz CT molecular complexity index is 420.